The second-order valence-electron chi connectivity index (χ2n) is 10.8. The van der Waals surface area contributed by atoms with Crippen LogP contribution in [0, 0.1) is 11.2 Å². The standard InChI is InChI=1S/C20H35N3O2.C6H5FO/c1-20(2,3)15-18(24)23-12-5-9-17(23)19(25)22-11-6-10-21(13-14-22)16-7-4-8-16;7-5-1-3-6(8)4-2-5/h16-17H,4-15H2,1-3H3;1-4,8H/t17-;/m0./s1. The van der Waals surface area contributed by atoms with Crippen LogP contribution >= 0.6 is 0 Å². The third-order valence-electron chi connectivity index (χ3n) is 6.80. The molecule has 3 aliphatic rings. The number of aromatic hydroxyl groups is 1. The number of hydrogen-bond acceptors (Lipinski definition) is 4. The molecule has 184 valence electrons. The van der Waals surface area contributed by atoms with Crippen molar-refractivity contribution in [3.05, 3.63) is 30.1 Å². The van der Waals surface area contributed by atoms with Crippen LogP contribution in [0.1, 0.15) is 65.7 Å². The Labute approximate surface area is 197 Å². The number of likely N-dealkylation sites (tertiary alicyclic amines) is 1. The van der Waals surface area contributed by atoms with E-state index in [0.29, 0.717) is 6.42 Å². The number of nitrogens with zero attached hydrogens (tertiary/aromatic N) is 3. The van der Waals surface area contributed by atoms with Crippen LogP contribution in [0.15, 0.2) is 24.3 Å². The fourth-order valence-electron chi connectivity index (χ4n) is 4.80. The highest BCUT2D eigenvalue weighted by Gasteiger charge is 2.38. The first-order valence-electron chi connectivity index (χ1n) is 12.4. The van der Waals surface area contributed by atoms with Gasteiger partial charge in [-0.15, -0.1) is 0 Å². The molecule has 0 unspecified atom stereocenters. The molecular weight excluding hydrogens is 421 g/mol. The normalized spacial score (nSPS) is 22.2. The smallest absolute Gasteiger partial charge is 0.245 e. The van der Waals surface area contributed by atoms with Gasteiger partial charge in [0.25, 0.3) is 0 Å². The fraction of sp³-hybridized carbons (Fsp3) is 0.692. The van der Waals surface area contributed by atoms with Crippen LogP contribution < -0.4 is 0 Å². The highest BCUT2D eigenvalue weighted by Crippen LogP contribution is 2.28. The van der Waals surface area contributed by atoms with Gasteiger partial charge in [0.05, 0.1) is 0 Å². The lowest BCUT2D eigenvalue weighted by atomic mass is 9.91. The maximum Gasteiger partial charge on any atom is 0.245 e. The van der Waals surface area contributed by atoms with Crippen LogP contribution in [-0.4, -0.2) is 76.4 Å². The van der Waals surface area contributed by atoms with Crippen molar-refractivity contribution in [2.24, 2.45) is 5.41 Å². The van der Waals surface area contributed by atoms with Crippen molar-refractivity contribution in [2.75, 3.05) is 32.7 Å². The lowest BCUT2D eigenvalue weighted by Gasteiger charge is -2.37. The Morgan fingerprint density at radius 2 is 1.64 bits per heavy atom. The summed E-state index contributed by atoms with van der Waals surface area (Å²) >= 11 is 0. The number of benzene rings is 1. The molecule has 2 aliphatic heterocycles. The largest absolute Gasteiger partial charge is 0.508 e. The Balaban J connectivity index is 0.000000323. The summed E-state index contributed by atoms with van der Waals surface area (Å²) in [6.45, 7) is 10.8. The Kier molecular flexibility index (Phi) is 8.74. The van der Waals surface area contributed by atoms with Crippen molar-refractivity contribution in [1.82, 2.24) is 14.7 Å². The first-order chi connectivity index (χ1) is 15.6. The van der Waals surface area contributed by atoms with Gasteiger partial charge in [-0.25, -0.2) is 4.39 Å². The molecule has 1 atom stereocenters. The molecule has 7 heteroatoms. The van der Waals surface area contributed by atoms with Crippen molar-refractivity contribution in [3.63, 3.8) is 0 Å². The molecule has 1 N–H and O–H groups in total. The Bertz CT molecular complexity index is 768. The minimum absolute atomic E-state index is 0.0286. The van der Waals surface area contributed by atoms with Gasteiger partial charge < -0.3 is 14.9 Å². The molecule has 33 heavy (non-hydrogen) atoms. The minimum atomic E-state index is -0.331. The molecule has 0 aromatic heterocycles. The fourth-order valence-corrected chi connectivity index (χ4v) is 4.80. The van der Waals surface area contributed by atoms with E-state index in [-0.39, 0.29) is 34.8 Å². The molecule has 4 rings (SSSR count). The summed E-state index contributed by atoms with van der Waals surface area (Å²) in [5.41, 5.74) is -0.0286. The van der Waals surface area contributed by atoms with Crippen LogP contribution in [0.3, 0.4) is 0 Å². The molecule has 1 saturated carbocycles. The minimum Gasteiger partial charge on any atom is -0.508 e. The highest BCUT2D eigenvalue weighted by molar-refractivity contribution is 5.88. The lowest BCUT2D eigenvalue weighted by molar-refractivity contribution is -0.144. The van der Waals surface area contributed by atoms with Gasteiger partial charge in [-0.3, -0.25) is 14.5 Å². The van der Waals surface area contributed by atoms with Gasteiger partial charge in [0.15, 0.2) is 0 Å². The molecule has 1 aliphatic carbocycles. The molecular formula is C26H40FN3O3. The molecule has 1 aromatic rings. The topological polar surface area (TPSA) is 64.1 Å². The number of amides is 2. The Hall–Kier alpha value is -2.15. The third kappa shape index (κ3) is 7.42. The molecule has 2 heterocycles. The van der Waals surface area contributed by atoms with Gasteiger partial charge in [0.2, 0.25) is 11.8 Å². The maximum atomic E-state index is 13.1. The van der Waals surface area contributed by atoms with E-state index in [1.54, 1.807) is 0 Å². The van der Waals surface area contributed by atoms with Crippen LogP contribution in [0.2, 0.25) is 0 Å². The van der Waals surface area contributed by atoms with Gasteiger partial charge in [-0.05, 0) is 61.8 Å². The third-order valence-corrected chi connectivity index (χ3v) is 6.80. The number of phenolic OH excluding ortho intramolecular Hbond substituents is 1. The van der Waals surface area contributed by atoms with Crippen LogP contribution in [0.25, 0.3) is 0 Å². The predicted molar refractivity (Wildman–Crippen MR) is 127 cm³/mol. The van der Waals surface area contributed by atoms with Crippen LogP contribution in [-0.2, 0) is 9.59 Å². The zero-order valence-corrected chi connectivity index (χ0v) is 20.4. The van der Waals surface area contributed by atoms with Crippen LogP contribution in [0.5, 0.6) is 5.75 Å². The number of phenols is 1. The van der Waals surface area contributed by atoms with Crippen molar-refractivity contribution < 1.29 is 19.1 Å². The SMILES string of the molecule is CC(C)(C)CC(=O)N1CCC[C@H]1C(=O)N1CCCN(C2CCC2)CC1.Oc1ccc(F)cc1. The van der Waals surface area contributed by atoms with Crippen molar-refractivity contribution in [2.45, 2.75) is 77.8 Å². The van der Waals surface area contributed by atoms with Crippen molar-refractivity contribution in [3.8, 4) is 5.75 Å². The number of rotatable bonds is 3. The van der Waals surface area contributed by atoms with Gasteiger partial charge in [0, 0.05) is 45.2 Å². The van der Waals surface area contributed by atoms with Gasteiger partial charge in [0.1, 0.15) is 17.6 Å². The second-order valence-corrected chi connectivity index (χ2v) is 10.8. The van der Waals surface area contributed by atoms with E-state index in [1.807, 2.05) is 9.80 Å². The van der Waals surface area contributed by atoms with E-state index < -0.39 is 0 Å². The van der Waals surface area contributed by atoms with E-state index >= 15 is 0 Å². The summed E-state index contributed by atoms with van der Waals surface area (Å²) in [5, 5.41) is 8.59. The lowest BCUT2D eigenvalue weighted by Crippen LogP contribution is -2.49. The van der Waals surface area contributed by atoms with Crippen molar-refractivity contribution in [1.29, 1.82) is 0 Å². The average molecular weight is 462 g/mol. The Morgan fingerprint density at radius 1 is 0.939 bits per heavy atom. The maximum absolute atomic E-state index is 13.1. The van der Waals surface area contributed by atoms with Crippen molar-refractivity contribution >= 4 is 11.8 Å². The molecule has 0 radical (unpaired) electrons. The zero-order valence-electron chi connectivity index (χ0n) is 20.4. The monoisotopic (exact) mass is 461 g/mol. The summed E-state index contributed by atoms with van der Waals surface area (Å²) in [6.07, 6.45) is 7.37. The van der Waals surface area contributed by atoms with Gasteiger partial charge in [-0.2, -0.15) is 0 Å². The van der Waals surface area contributed by atoms with Crippen LogP contribution in [0.4, 0.5) is 4.39 Å². The second kappa shape index (κ2) is 11.3. The van der Waals surface area contributed by atoms with E-state index in [1.165, 1.54) is 43.5 Å². The van der Waals surface area contributed by atoms with E-state index in [4.69, 9.17) is 5.11 Å². The molecule has 0 spiro atoms. The molecule has 2 amide bonds. The highest BCUT2D eigenvalue weighted by atomic mass is 19.1. The molecule has 3 fully saturated rings. The Morgan fingerprint density at radius 3 is 2.21 bits per heavy atom. The zero-order chi connectivity index (χ0) is 24.0. The van der Waals surface area contributed by atoms with Gasteiger partial charge >= 0.3 is 0 Å². The quantitative estimate of drug-likeness (QED) is 0.738. The summed E-state index contributed by atoms with van der Waals surface area (Å²) in [5.74, 6) is 0.0960. The molecule has 6 nitrogen and oxygen atoms in total. The number of carbonyl (C=O) groups is 2. The first kappa shape index (κ1) is 25.5. The molecule has 0 bridgehead atoms. The summed E-state index contributed by atoms with van der Waals surface area (Å²) in [6, 6.07) is 5.55. The average Bonchev–Trinajstić information content (AvgIpc) is 3.08. The number of hydrogen-bond donors (Lipinski definition) is 1. The summed E-state index contributed by atoms with van der Waals surface area (Å²) in [4.78, 5) is 32.2. The molecule has 2 saturated heterocycles. The summed E-state index contributed by atoms with van der Waals surface area (Å²) < 4.78 is 12.0. The van der Waals surface area contributed by atoms with Gasteiger partial charge in [-0.1, -0.05) is 27.2 Å². The van der Waals surface area contributed by atoms with E-state index in [9.17, 15) is 14.0 Å². The number of halogens is 1. The predicted octanol–water partition coefficient (Wildman–Crippen LogP) is 4.03. The first-order valence-corrected chi connectivity index (χ1v) is 12.4. The molecule has 1 aromatic carbocycles. The summed E-state index contributed by atoms with van der Waals surface area (Å²) in [7, 11) is 0. The number of carbonyl (C=O) groups excluding carboxylic acids is 2. The van der Waals surface area contributed by atoms with E-state index in [2.05, 4.69) is 25.7 Å². The van der Waals surface area contributed by atoms with E-state index in [0.717, 1.165) is 58.0 Å².